The van der Waals surface area contributed by atoms with Crippen molar-refractivity contribution in [3.05, 3.63) is 95.6 Å². The second-order valence-electron chi connectivity index (χ2n) is 6.90. The first-order valence-corrected chi connectivity index (χ1v) is 9.70. The van der Waals surface area contributed by atoms with E-state index in [1.807, 2.05) is 83.8 Å². The lowest BCUT2D eigenvalue weighted by atomic mass is 10.0. The first-order chi connectivity index (χ1) is 13.8. The van der Waals surface area contributed by atoms with Crippen LogP contribution in [0.5, 0.6) is 5.75 Å². The van der Waals surface area contributed by atoms with Crippen molar-refractivity contribution in [2.75, 3.05) is 11.9 Å². The normalized spacial score (nSPS) is 15.7. The number of carbonyl (C=O) groups is 1. The standard InChI is InChI=1S/C24H24N2O2/c1-2-16-28-22-15-9-7-13-20(22)23-25-21-14-8-6-12-19(21)24(27)26(23)17-18-10-4-3-5-11-18/h3-15,23,25H,2,16-17H2,1H3/t23-/m0/s1. The minimum absolute atomic E-state index is 0.0218. The third kappa shape index (κ3) is 3.58. The fraction of sp³-hybridized carbons (Fsp3) is 0.208. The van der Waals surface area contributed by atoms with Gasteiger partial charge >= 0.3 is 0 Å². The second-order valence-corrected chi connectivity index (χ2v) is 6.90. The molecule has 1 heterocycles. The van der Waals surface area contributed by atoms with E-state index in [1.165, 1.54) is 0 Å². The van der Waals surface area contributed by atoms with Crippen LogP contribution < -0.4 is 10.1 Å². The van der Waals surface area contributed by atoms with E-state index < -0.39 is 0 Å². The van der Waals surface area contributed by atoms with Gasteiger partial charge in [-0.05, 0) is 30.2 Å². The topological polar surface area (TPSA) is 41.6 Å². The van der Waals surface area contributed by atoms with E-state index in [9.17, 15) is 4.79 Å². The van der Waals surface area contributed by atoms with E-state index in [2.05, 4.69) is 12.2 Å². The van der Waals surface area contributed by atoms with Crippen molar-refractivity contribution in [3.8, 4) is 5.75 Å². The third-order valence-electron chi connectivity index (χ3n) is 4.89. The number of nitrogens with zero attached hydrogens (tertiary/aromatic N) is 1. The smallest absolute Gasteiger partial charge is 0.258 e. The van der Waals surface area contributed by atoms with Crippen LogP contribution in [-0.4, -0.2) is 17.4 Å². The summed E-state index contributed by atoms with van der Waals surface area (Å²) in [6.07, 6.45) is 0.637. The summed E-state index contributed by atoms with van der Waals surface area (Å²) in [5, 5.41) is 3.56. The van der Waals surface area contributed by atoms with Crippen LogP contribution in [-0.2, 0) is 6.54 Å². The number of anilines is 1. The maximum Gasteiger partial charge on any atom is 0.258 e. The molecule has 0 unspecified atom stereocenters. The van der Waals surface area contributed by atoms with Gasteiger partial charge in [0.2, 0.25) is 0 Å². The quantitative estimate of drug-likeness (QED) is 0.643. The van der Waals surface area contributed by atoms with Crippen molar-refractivity contribution >= 4 is 11.6 Å². The van der Waals surface area contributed by atoms with E-state index >= 15 is 0 Å². The minimum Gasteiger partial charge on any atom is -0.493 e. The van der Waals surface area contributed by atoms with Crippen LogP contribution in [0.4, 0.5) is 5.69 Å². The Morgan fingerprint density at radius 1 is 0.929 bits per heavy atom. The summed E-state index contributed by atoms with van der Waals surface area (Å²) >= 11 is 0. The molecule has 0 radical (unpaired) electrons. The molecule has 1 aliphatic rings. The molecule has 0 spiro atoms. The van der Waals surface area contributed by atoms with E-state index in [-0.39, 0.29) is 12.1 Å². The maximum atomic E-state index is 13.4. The molecule has 0 aliphatic carbocycles. The van der Waals surface area contributed by atoms with Crippen molar-refractivity contribution in [3.63, 3.8) is 0 Å². The molecular weight excluding hydrogens is 348 g/mol. The summed E-state index contributed by atoms with van der Waals surface area (Å²) in [7, 11) is 0. The Labute approximate surface area is 165 Å². The number of hydrogen-bond donors (Lipinski definition) is 1. The van der Waals surface area contributed by atoms with Gasteiger partial charge in [0.15, 0.2) is 0 Å². The van der Waals surface area contributed by atoms with Crippen LogP contribution in [0.1, 0.15) is 41.0 Å². The summed E-state index contributed by atoms with van der Waals surface area (Å²) in [4.78, 5) is 15.3. The predicted molar refractivity (Wildman–Crippen MR) is 111 cm³/mol. The Balaban J connectivity index is 1.76. The van der Waals surface area contributed by atoms with Gasteiger partial charge in [0.1, 0.15) is 11.9 Å². The number of para-hydroxylation sites is 2. The molecule has 0 saturated carbocycles. The lowest BCUT2D eigenvalue weighted by molar-refractivity contribution is 0.0664. The van der Waals surface area contributed by atoms with Gasteiger partial charge in [0.25, 0.3) is 5.91 Å². The summed E-state index contributed by atoms with van der Waals surface area (Å²) in [6, 6.07) is 25.7. The van der Waals surface area contributed by atoms with E-state index in [4.69, 9.17) is 4.74 Å². The van der Waals surface area contributed by atoms with Gasteiger partial charge in [0, 0.05) is 17.8 Å². The fourth-order valence-corrected chi connectivity index (χ4v) is 3.53. The van der Waals surface area contributed by atoms with Crippen molar-refractivity contribution in [2.24, 2.45) is 0 Å². The van der Waals surface area contributed by atoms with E-state index in [0.29, 0.717) is 18.7 Å². The van der Waals surface area contributed by atoms with Crippen LogP contribution >= 0.6 is 0 Å². The molecule has 4 heteroatoms. The van der Waals surface area contributed by atoms with E-state index in [0.717, 1.165) is 29.0 Å². The zero-order valence-electron chi connectivity index (χ0n) is 16.0. The Morgan fingerprint density at radius 3 is 2.46 bits per heavy atom. The fourth-order valence-electron chi connectivity index (χ4n) is 3.53. The Bertz CT molecular complexity index is 956. The second kappa shape index (κ2) is 8.17. The number of ether oxygens (including phenoxy) is 1. The van der Waals surface area contributed by atoms with Crippen molar-refractivity contribution in [1.82, 2.24) is 4.90 Å². The summed E-state index contributed by atoms with van der Waals surface area (Å²) in [5.74, 6) is 0.834. The van der Waals surface area contributed by atoms with E-state index in [1.54, 1.807) is 0 Å². The third-order valence-corrected chi connectivity index (χ3v) is 4.89. The lowest BCUT2D eigenvalue weighted by Crippen LogP contribution is -2.42. The molecule has 0 bridgehead atoms. The largest absolute Gasteiger partial charge is 0.493 e. The maximum absolute atomic E-state index is 13.4. The lowest BCUT2D eigenvalue weighted by Gasteiger charge is -2.38. The van der Waals surface area contributed by atoms with Crippen LogP contribution in [0.3, 0.4) is 0 Å². The van der Waals surface area contributed by atoms with Crippen molar-refractivity contribution in [2.45, 2.75) is 26.1 Å². The molecule has 4 rings (SSSR count). The highest BCUT2D eigenvalue weighted by Gasteiger charge is 2.34. The van der Waals surface area contributed by atoms with Gasteiger partial charge in [-0.3, -0.25) is 4.79 Å². The molecule has 28 heavy (non-hydrogen) atoms. The van der Waals surface area contributed by atoms with Gasteiger partial charge in [-0.2, -0.15) is 0 Å². The zero-order valence-corrected chi connectivity index (χ0v) is 16.0. The molecule has 3 aromatic carbocycles. The number of rotatable bonds is 6. The van der Waals surface area contributed by atoms with Gasteiger partial charge < -0.3 is 15.0 Å². The summed E-state index contributed by atoms with van der Waals surface area (Å²) in [5.41, 5.74) is 3.61. The molecule has 1 amide bonds. The molecular formula is C24H24N2O2. The molecule has 4 nitrogen and oxygen atoms in total. The average molecular weight is 372 g/mol. The summed E-state index contributed by atoms with van der Waals surface area (Å²) in [6.45, 7) is 3.25. The molecule has 0 fully saturated rings. The molecule has 0 aromatic heterocycles. The van der Waals surface area contributed by atoms with Crippen LogP contribution in [0, 0.1) is 0 Å². The number of carbonyl (C=O) groups excluding carboxylic acids is 1. The molecule has 1 atom stereocenters. The number of hydrogen-bond acceptors (Lipinski definition) is 3. The molecule has 1 N–H and O–H groups in total. The Morgan fingerprint density at radius 2 is 1.64 bits per heavy atom. The molecule has 142 valence electrons. The molecule has 3 aromatic rings. The van der Waals surface area contributed by atoms with Crippen molar-refractivity contribution < 1.29 is 9.53 Å². The highest BCUT2D eigenvalue weighted by Crippen LogP contribution is 2.37. The predicted octanol–water partition coefficient (Wildman–Crippen LogP) is 5.24. The van der Waals surface area contributed by atoms with Gasteiger partial charge in [-0.1, -0.05) is 67.6 Å². The highest BCUT2D eigenvalue weighted by atomic mass is 16.5. The first-order valence-electron chi connectivity index (χ1n) is 9.70. The SMILES string of the molecule is CCCOc1ccccc1[C@H]1Nc2ccccc2C(=O)N1Cc1ccccc1. The van der Waals surface area contributed by atoms with Gasteiger partial charge in [-0.25, -0.2) is 0 Å². The minimum atomic E-state index is -0.296. The number of amides is 1. The average Bonchev–Trinajstić information content (AvgIpc) is 2.75. The molecule has 1 aliphatic heterocycles. The Kier molecular flexibility index (Phi) is 5.29. The van der Waals surface area contributed by atoms with Crippen LogP contribution in [0.15, 0.2) is 78.9 Å². The Hall–Kier alpha value is -3.27. The molecule has 0 saturated heterocycles. The monoisotopic (exact) mass is 372 g/mol. The highest BCUT2D eigenvalue weighted by molar-refractivity contribution is 6.01. The van der Waals surface area contributed by atoms with Crippen molar-refractivity contribution in [1.29, 1.82) is 0 Å². The first kappa shape index (κ1) is 18.1. The zero-order chi connectivity index (χ0) is 19.3. The van der Waals surface area contributed by atoms with Crippen LogP contribution in [0.2, 0.25) is 0 Å². The number of nitrogens with one attached hydrogen (secondary N) is 1. The number of benzene rings is 3. The summed E-state index contributed by atoms with van der Waals surface area (Å²) < 4.78 is 5.98. The number of fused-ring (bicyclic) bond motifs is 1. The van der Waals surface area contributed by atoms with Gasteiger partial charge in [-0.15, -0.1) is 0 Å². The van der Waals surface area contributed by atoms with Gasteiger partial charge in [0.05, 0.1) is 12.2 Å². The van der Waals surface area contributed by atoms with Crippen LogP contribution in [0.25, 0.3) is 0 Å².